The highest BCUT2D eigenvalue weighted by molar-refractivity contribution is 7.80. The van der Waals surface area contributed by atoms with Crippen molar-refractivity contribution in [2.24, 2.45) is 0 Å². The zero-order chi connectivity index (χ0) is 18.0. The average molecular weight is 364 g/mol. The van der Waals surface area contributed by atoms with Gasteiger partial charge in [0.1, 0.15) is 12.4 Å². The molecule has 2 aliphatic rings. The summed E-state index contributed by atoms with van der Waals surface area (Å²) in [6.45, 7) is 2.35. The van der Waals surface area contributed by atoms with Gasteiger partial charge in [-0.05, 0) is 49.7 Å². The normalized spacial score (nSPS) is 20.5. The molecule has 1 fully saturated rings. The number of carbonyl (C=O) groups is 1. The summed E-state index contributed by atoms with van der Waals surface area (Å²) in [6.07, 6.45) is 2.07. The van der Waals surface area contributed by atoms with Crippen LogP contribution >= 0.6 is 12.2 Å². The zero-order valence-corrected chi connectivity index (χ0v) is 15.1. The van der Waals surface area contributed by atoms with E-state index < -0.39 is 12.0 Å². The van der Waals surface area contributed by atoms with Crippen molar-refractivity contribution in [3.05, 3.63) is 46.9 Å². The molecule has 1 aromatic carbocycles. The molecule has 1 aliphatic carbocycles. The van der Waals surface area contributed by atoms with E-state index >= 15 is 0 Å². The molecule has 25 heavy (non-hydrogen) atoms. The number of hydrogen-bond donors (Lipinski definition) is 1. The number of benzene rings is 1. The molecule has 3 rings (SSSR count). The van der Waals surface area contributed by atoms with Gasteiger partial charge in [-0.3, -0.25) is 0 Å². The molecule has 1 unspecified atom stereocenters. The molecule has 1 saturated carbocycles. The number of thiocarbonyl (C=S) groups is 1. The van der Waals surface area contributed by atoms with E-state index in [9.17, 15) is 9.18 Å². The van der Waals surface area contributed by atoms with Crippen molar-refractivity contribution in [1.29, 1.82) is 0 Å². The van der Waals surface area contributed by atoms with Crippen molar-refractivity contribution in [1.82, 2.24) is 10.2 Å². The molecule has 0 saturated heterocycles. The first kappa shape index (κ1) is 17.8. The lowest BCUT2D eigenvalue weighted by Crippen LogP contribution is -2.48. The number of carbonyl (C=O) groups excluding carboxylic acids is 1. The SMILES string of the molecule is COCCOC(=O)C1=C(C)N(C2CC2)C(=S)NC1c1cccc(F)c1. The molecule has 1 heterocycles. The van der Waals surface area contributed by atoms with Crippen LogP contribution in [0.15, 0.2) is 35.5 Å². The Kier molecular flexibility index (Phi) is 5.34. The summed E-state index contributed by atoms with van der Waals surface area (Å²) in [5.41, 5.74) is 1.86. The van der Waals surface area contributed by atoms with E-state index in [-0.39, 0.29) is 12.4 Å². The fourth-order valence-electron chi connectivity index (χ4n) is 3.03. The molecule has 7 heteroatoms. The van der Waals surface area contributed by atoms with Crippen molar-refractivity contribution in [2.45, 2.75) is 31.8 Å². The molecule has 134 valence electrons. The van der Waals surface area contributed by atoms with E-state index in [0.29, 0.717) is 28.9 Å². The number of methoxy groups -OCH3 is 1. The Labute approximate surface area is 151 Å². The fraction of sp³-hybridized carbons (Fsp3) is 0.444. The first-order chi connectivity index (χ1) is 12.0. The Balaban J connectivity index is 1.97. The maximum Gasteiger partial charge on any atom is 0.338 e. The fourth-order valence-corrected chi connectivity index (χ4v) is 3.43. The molecule has 1 aliphatic heterocycles. The highest BCUT2D eigenvalue weighted by atomic mass is 32.1. The van der Waals surface area contributed by atoms with Crippen LogP contribution in [-0.4, -0.2) is 42.3 Å². The third-order valence-corrected chi connectivity index (χ3v) is 4.68. The maximum atomic E-state index is 13.7. The van der Waals surface area contributed by atoms with Gasteiger partial charge in [0.05, 0.1) is 18.2 Å². The van der Waals surface area contributed by atoms with Gasteiger partial charge in [-0.1, -0.05) is 12.1 Å². The predicted octanol–water partition coefficient (Wildman–Crippen LogP) is 2.68. The summed E-state index contributed by atoms with van der Waals surface area (Å²) in [6, 6.07) is 5.94. The third kappa shape index (κ3) is 3.82. The minimum absolute atomic E-state index is 0.163. The number of allylic oxidation sites excluding steroid dienone is 1. The molecule has 0 bridgehead atoms. The molecular formula is C18H21FN2O3S. The summed E-state index contributed by atoms with van der Waals surface area (Å²) < 4.78 is 24.0. The largest absolute Gasteiger partial charge is 0.460 e. The van der Waals surface area contributed by atoms with Gasteiger partial charge in [-0.2, -0.15) is 0 Å². The minimum Gasteiger partial charge on any atom is -0.460 e. The van der Waals surface area contributed by atoms with Crippen molar-refractivity contribution >= 4 is 23.3 Å². The van der Waals surface area contributed by atoms with Gasteiger partial charge in [0, 0.05) is 18.8 Å². The average Bonchev–Trinajstić information content (AvgIpc) is 3.39. The van der Waals surface area contributed by atoms with Gasteiger partial charge in [0.25, 0.3) is 0 Å². The molecule has 0 amide bonds. The topological polar surface area (TPSA) is 50.8 Å². The van der Waals surface area contributed by atoms with E-state index in [1.165, 1.54) is 12.1 Å². The lowest BCUT2D eigenvalue weighted by molar-refractivity contribution is -0.140. The lowest BCUT2D eigenvalue weighted by atomic mass is 9.95. The first-order valence-electron chi connectivity index (χ1n) is 8.25. The second-order valence-corrected chi connectivity index (χ2v) is 6.55. The summed E-state index contributed by atoms with van der Waals surface area (Å²) in [7, 11) is 1.54. The molecule has 0 radical (unpaired) electrons. The number of esters is 1. The Hall–Kier alpha value is -1.99. The second kappa shape index (κ2) is 7.49. The standard InChI is InChI=1S/C18H21FN2O3S/c1-11-15(17(22)24-9-8-23-2)16(12-4-3-5-13(19)10-12)20-18(25)21(11)14-6-7-14/h3-5,10,14,16H,6-9H2,1-2H3,(H,20,25). The molecular weight excluding hydrogens is 343 g/mol. The summed E-state index contributed by atoms with van der Waals surface area (Å²) in [5, 5.41) is 3.74. The molecule has 5 nitrogen and oxygen atoms in total. The van der Waals surface area contributed by atoms with E-state index in [1.807, 2.05) is 11.8 Å². The Morgan fingerprint density at radius 1 is 1.40 bits per heavy atom. The van der Waals surface area contributed by atoms with Crippen LogP contribution < -0.4 is 5.32 Å². The van der Waals surface area contributed by atoms with Crippen LogP contribution in [0.3, 0.4) is 0 Å². The van der Waals surface area contributed by atoms with Crippen LogP contribution in [0.4, 0.5) is 4.39 Å². The smallest absolute Gasteiger partial charge is 0.338 e. The van der Waals surface area contributed by atoms with Crippen LogP contribution in [0.5, 0.6) is 0 Å². The molecule has 1 atom stereocenters. The van der Waals surface area contributed by atoms with Crippen LogP contribution in [0, 0.1) is 5.82 Å². The predicted molar refractivity (Wildman–Crippen MR) is 95.3 cm³/mol. The Bertz CT molecular complexity index is 718. The summed E-state index contributed by atoms with van der Waals surface area (Å²) in [4.78, 5) is 14.7. The van der Waals surface area contributed by atoms with Gasteiger partial charge in [0.2, 0.25) is 0 Å². The third-order valence-electron chi connectivity index (χ3n) is 4.36. The number of halogens is 1. The van der Waals surface area contributed by atoms with E-state index in [1.54, 1.807) is 19.2 Å². The van der Waals surface area contributed by atoms with Crippen LogP contribution in [0.2, 0.25) is 0 Å². The maximum absolute atomic E-state index is 13.7. The van der Waals surface area contributed by atoms with Crippen molar-refractivity contribution in [3.63, 3.8) is 0 Å². The second-order valence-electron chi connectivity index (χ2n) is 6.17. The van der Waals surface area contributed by atoms with Gasteiger partial charge < -0.3 is 19.7 Å². The molecule has 1 N–H and O–H groups in total. The van der Waals surface area contributed by atoms with E-state index in [0.717, 1.165) is 18.5 Å². The summed E-state index contributed by atoms with van der Waals surface area (Å²) >= 11 is 5.49. The van der Waals surface area contributed by atoms with Gasteiger partial charge in [0.15, 0.2) is 5.11 Å². The first-order valence-corrected chi connectivity index (χ1v) is 8.65. The van der Waals surface area contributed by atoms with Crippen LogP contribution in [-0.2, 0) is 14.3 Å². The van der Waals surface area contributed by atoms with Crippen molar-refractivity contribution < 1.29 is 18.7 Å². The number of nitrogens with zero attached hydrogens (tertiary/aromatic N) is 1. The number of nitrogens with one attached hydrogen (secondary N) is 1. The zero-order valence-electron chi connectivity index (χ0n) is 14.3. The minimum atomic E-state index is -0.534. The highest BCUT2D eigenvalue weighted by Gasteiger charge is 2.40. The number of hydrogen-bond acceptors (Lipinski definition) is 4. The molecule has 1 aromatic rings. The number of rotatable bonds is 6. The van der Waals surface area contributed by atoms with E-state index in [2.05, 4.69) is 5.32 Å². The van der Waals surface area contributed by atoms with Crippen molar-refractivity contribution in [3.8, 4) is 0 Å². The van der Waals surface area contributed by atoms with Crippen LogP contribution in [0.25, 0.3) is 0 Å². The Morgan fingerprint density at radius 3 is 2.80 bits per heavy atom. The number of ether oxygens (including phenoxy) is 2. The Morgan fingerprint density at radius 2 is 2.16 bits per heavy atom. The van der Waals surface area contributed by atoms with Gasteiger partial charge >= 0.3 is 5.97 Å². The van der Waals surface area contributed by atoms with Crippen LogP contribution in [0.1, 0.15) is 31.4 Å². The molecule has 0 spiro atoms. The summed E-state index contributed by atoms with van der Waals surface area (Å²) in [5.74, 6) is -0.802. The van der Waals surface area contributed by atoms with Gasteiger partial charge in [-0.15, -0.1) is 0 Å². The monoisotopic (exact) mass is 364 g/mol. The van der Waals surface area contributed by atoms with Crippen molar-refractivity contribution in [2.75, 3.05) is 20.3 Å². The van der Waals surface area contributed by atoms with E-state index in [4.69, 9.17) is 21.7 Å². The highest BCUT2D eigenvalue weighted by Crippen LogP contribution is 2.38. The van der Waals surface area contributed by atoms with Gasteiger partial charge in [-0.25, -0.2) is 9.18 Å². The molecule has 0 aromatic heterocycles. The quantitative estimate of drug-likeness (QED) is 0.476. The lowest BCUT2D eigenvalue weighted by Gasteiger charge is -2.37.